The molecule has 2 heterocycles. The van der Waals surface area contributed by atoms with Gasteiger partial charge in [-0.05, 0) is 46.6 Å². The molecule has 6 nitrogen and oxygen atoms in total. The van der Waals surface area contributed by atoms with E-state index in [2.05, 4.69) is 37.9 Å². The number of hydrogen-bond donors (Lipinski definition) is 1. The van der Waals surface area contributed by atoms with Crippen molar-refractivity contribution in [2.45, 2.75) is 58.0 Å². The van der Waals surface area contributed by atoms with E-state index in [-0.39, 0.29) is 17.5 Å². The molecular formula is C18H30N4O2. The third-order valence-electron chi connectivity index (χ3n) is 4.61. The molecule has 6 heteroatoms. The average molecular weight is 334 g/mol. The third kappa shape index (κ3) is 4.16. The van der Waals surface area contributed by atoms with Crippen molar-refractivity contribution in [3.05, 3.63) is 17.5 Å². The van der Waals surface area contributed by atoms with Crippen LogP contribution in [0.25, 0.3) is 0 Å². The van der Waals surface area contributed by atoms with Crippen molar-refractivity contribution in [3.8, 4) is 0 Å². The number of amides is 1. The van der Waals surface area contributed by atoms with Crippen molar-refractivity contribution >= 4 is 5.91 Å². The highest BCUT2D eigenvalue weighted by atomic mass is 16.5. The Bertz CT molecular complexity index is 580. The molecule has 1 saturated heterocycles. The summed E-state index contributed by atoms with van der Waals surface area (Å²) in [6, 6.07) is 2.09. The van der Waals surface area contributed by atoms with Crippen LogP contribution in [0.4, 0.5) is 0 Å². The Morgan fingerprint density at radius 3 is 2.62 bits per heavy atom. The fourth-order valence-corrected chi connectivity index (χ4v) is 3.17. The number of aromatic nitrogens is 2. The summed E-state index contributed by atoms with van der Waals surface area (Å²) in [4.78, 5) is 15.1. The fourth-order valence-electron chi connectivity index (χ4n) is 3.17. The molecule has 1 aromatic rings. The highest BCUT2D eigenvalue weighted by molar-refractivity contribution is 5.93. The second kappa shape index (κ2) is 6.84. The van der Waals surface area contributed by atoms with Gasteiger partial charge in [0.2, 0.25) is 0 Å². The number of ether oxygens (including phenoxy) is 1. The molecule has 0 bridgehead atoms. The maximum atomic E-state index is 12.8. The molecule has 0 aromatic carbocycles. The van der Waals surface area contributed by atoms with Crippen LogP contribution < -0.4 is 5.32 Å². The fraction of sp³-hybridized carbons (Fsp3) is 0.778. The lowest BCUT2D eigenvalue weighted by Gasteiger charge is -2.29. The monoisotopic (exact) mass is 334 g/mol. The van der Waals surface area contributed by atoms with E-state index in [1.165, 1.54) is 12.8 Å². The van der Waals surface area contributed by atoms with Gasteiger partial charge < -0.3 is 10.1 Å². The molecule has 1 saturated carbocycles. The van der Waals surface area contributed by atoms with Crippen LogP contribution in [0.15, 0.2) is 6.07 Å². The average Bonchev–Trinajstić information content (AvgIpc) is 3.25. The van der Waals surface area contributed by atoms with Gasteiger partial charge in [-0.25, -0.2) is 0 Å². The SMILES string of the molecule is C[C@@H](CN1CCOCC1)NC(=O)c1cc(C2CC2)nn1C(C)(C)C. The maximum Gasteiger partial charge on any atom is 0.269 e. The molecule has 2 fully saturated rings. The molecular weight excluding hydrogens is 304 g/mol. The number of morpholine rings is 1. The van der Waals surface area contributed by atoms with Crippen molar-refractivity contribution in [2.24, 2.45) is 0 Å². The van der Waals surface area contributed by atoms with E-state index in [4.69, 9.17) is 9.84 Å². The van der Waals surface area contributed by atoms with E-state index in [9.17, 15) is 4.79 Å². The molecule has 134 valence electrons. The molecule has 2 aliphatic rings. The summed E-state index contributed by atoms with van der Waals surface area (Å²) in [7, 11) is 0. The van der Waals surface area contributed by atoms with Crippen LogP contribution in [0.5, 0.6) is 0 Å². The largest absolute Gasteiger partial charge is 0.379 e. The molecule has 1 aliphatic carbocycles. The van der Waals surface area contributed by atoms with Crippen LogP contribution in [-0.4, -0.2) is 59.5 Å². The molecule has 0 radical (unpaired) electrons. The van der Waals surface area contributed by atoms with Crippen molar-refractivity contribution in [3.63, 3.8) is 0 Å². The van der Waals surface area contributed by atoms with Crippen molar-refractivity contribution in [1.82, 2.24) is 20.0 Å². The molecule has 1 N–H and O–H groups in total. The second-order valence-corrected chi connectivity index (χ2v) is 8.10. The first kappa shape index (κ1) is 17.4. The first-order valence-corrected chi connectivity index (χ1v) is 9.06. The Balaban J connectivity index is 1.67. The van der Waals surface area contributed by atoms with Gasteiger partial charge in [-0.1, -0.05) is 0 Å². The Morgan fingerprint density at radius 1 is 1.38 bits per heavy atom. The van der Waals surface area contributed by atoms with E-state index in [0.717, 1.165) is 38.5 Å². The Kier molecular flexibility index (Phi) is 4.97. The van der Waals surface area contributed by atoms with Gasteiger partial charge in [-0.2, -0.15) is 5.10 Å². The highest BCUT2D eigenvalue weighted by Gasteiger charge is 2.31. The van der Waals surface area contributed by atoms with Crippen LogP contribution in [0, 0.1) is 0 Å². The summed E-state index contributed by atoms with van der Waals surface area (Å²) in [6.07, 6.45) is 2.38. The Labute approximate surface area is 144 Å². The van der Waals surface area contributed by atoms with Crippen LogP contribution >= 0.6 is 0 Å². The van der Waals surface area contributed by atoms with E-state index in [1.54, 1.807) is 0 Å². The standard InChI is InChI=1S/C18H30N4O2/c1-13(12-21-7-9-24-10-8-21)19-17(23)16-11-15(14-5-6-14)20-22(16)18(2,3)4/h11,13-14H,5-10,12H2,1-4H3,(H,19,23)/t13-/m0/s1. The minimum Gasteiger partial charge on any atom is -0.379 e. The smallest absolute Gasteiger partial charge is 0.269 e. The van der Waals surface area contributed by atoms with Gasteiger partial charge in [-0.3, -0.25) is 14.4 Å². The lowest BCUT2D eigenvalue weighted by atomic mass is 10.1. The first-order valence-electron chi connectivity index (χ1n) is 9.06. The Hall–Kier alpha value is -1.40. The molecule has 0 spiro atoms. The Morgan fingerprint density at radius 2 is 2.04 bits per heavy atom. The van der Waals surface area contributed by atoms with Gasteiger partial charge in [0.25, 0.3) is 5.91 Å². The number of carbonyl (C=O) groups excluding carboxylic acids is 1. The zero-order valence-electron chi connectivity index (χ0n) is 15.3. The summed E-state index contributed by atoms with van der Waals surface area (Å²) >= 11 is 0. The zero-order valence-corrected chi connectivity index (χ0v) is 15.3. The minimum atomic E-state index is -0.201. The van der Waals surface area contributed by atoms with Crippen molar-refractivity contribution < 1.29 is 9.53 Å². The number of nitrogens with zero attached hydrogens (tertiary/aromatic N) is 3. The van der Waals surface area contributed by atoms with E-state index in [1.807, 2.05) is 10.7 Å². The topological polar surface area (TPSA) is 59.4 Å². The summed E-state index contributed by atoms with van der Waals surface area (Å²) in [5.74, 6) is 0.524. The summed E-state index contributed by atoms with van der Waals surface area (Å²) in [5.41, 5.74) is 1.54. The predicted molar refractivity (Wildman–Crippen MR) is 93.4 cm³/mol. The van der Waals surface area contributed by atoms with Gasteiger partial charge in [0, 0.05) is 31.6 Å². The number of rotatable bonds is 5. The zero-order chi connectivity index (χ0) is 17.3. The second-order valence-electron chi connectivity index (χ2n) is 8.10. The van der Waals surface area contributed by atoms with Crippen molar-refractivity contribution in [1.29, 1.82) is 0 Å². The van der Waals surface area contributed by atoms with Gasteiger partial charge in [-0.15, -0.1) is 0 Å². The van der Waals surface area contributed by atoms with Crippen LogP contribution in [0.1, 0.15) is 62.6 Å². The molecule has 1 aliphatic heterocycles. The molecule has 1 aromatic heterocycles. The van der Waals surface area contributed by atoms with Crippen molar-refractivity contribution in [2.75, 3.05) is 32.8 Å². The first-order chi connectivity index (χ1) is 11.3. The normalized spacial score (nSPS) is 20.8. The van der Waals surface area contributed by atoms with Gasteiger partial charge in [0.15, 0.2) is 0 Å². The van der Waals surface area contributed by atoms with E-state index >= 15 is 0 Å². The summed E-state index contributed by atoms with van der Waals surface area (Å²) in [5, 5.41) is 7.86. The molecule has 24 heavy (non-hydrogen) atoms. The number of carbonyl (C=O) groups is 1. The van der Waals surface area contributed by atoms with Gasteiger partial charge >= 0.3 is 0 Å². The molecule has 0 unspecified atom stereocenters. The highest BCUT2D eigenvalue weighted by Crippen LogP contribution is 2.40. The maximum absolute atomic E-state index is 12.8. The quantitative estimate of drug-likeness (QED) is 0.894. The predicted octanol–water partition coefficient (Wildman–Crippen LogP) is 1.97. The summed E-state index contributed by atoms with van der Waals surface area (Å²) < 4.78 is 7.26. The number of nitrogens with one attached hydrogen (secondary N) is 1. The van der Waals surface area contributed by atoms with Crippen LogP contribution in [0.2, 0.25) is 0 Å². The van der Waals surface area contributed by atoms with Gasteiger partial charge in [0.05, 0.1) is 24.4 Å². The van der Waals surface area contributed by atoms with E-state index in [0.29, 0.717) is 11.6 Å². The van der Waals surface area contributed by atoms with Gasteiger partial charge in [0.1, 0.15) is 5.69 Å². The summed E-state index contributed by atoms with van der Waals surface area (Å²) in [6.45, 7) is 12.6. The lowest BCUT2D eigenvalue weighted by Crippen LogP contribution is -2.46. The lowest BCUT2D eigenvalue weighted by molar-refractivity contribution is 0.0342. The molecule has 3 rings (SSSR count). The third-order valence-corrected chi connectivity index (χ3v) is 4.61. The minimum absolute atomic E-state index is 0.0231. The van der Waals surface area contributed by atoms with Crippen LogP contribution in [-0.2, 0) is 10.3 Å². The molecule has 1 atom stereocenters. The van der Waals surface area contributed by atoms with Crippen LogP contribution in [0.3, 0.4) is 0 Å². The van der Waals surface area contributed by atoms with E-state index < -0.39 is 0 Å². The molecule has 1 amide bonds. The number of hydrogen-bond acceptors (Lipinski definition) is 4.